The van der Waals surface area contributed by atoms with Gasteiger partial charge in [0.1, 0.15) is 0 Å². The number of hydrogen-bond acceptors (Lipinski definition) is 2. The van der Waals surface area contributed by atoms with E-state index in [-0.39, 0.29) is 11.4 Å². The number of nitrogens with zero attached hydrogens (tertiary/aromatic N) is 1. The molecule has 0 radical (unpaired) electrons. The highest BCUT2D eigenvalue weighted by Gasteiger charge is 2.25. The molecule has 112 valence electrons. The number of nitrogens with two attached hydrogens (primary N) is 1. The number of amides is 2. The molecule has 0 heterocycles. The molecule has 4 heteroatoms. The lowest BCUT2D eigenvalue weighted by Gasteiger charge is -2.33. The van der Waals surface area contributed by atoms with Crippen LogP contribution in [0.5, 0.6) is 0 Å². The van der Waals surface area contributed by atoms with Gasteiger partial charge in [-0.25, -0.2) is 4.79 Å². The van der Waals surface area contributed by atoms with Crippen molar-refractivity contribution in [3.05, 3.63) is 0 Å². The fourth-order valence-corrected chi connectivity index (χ4v) is 2.62. The molecule has 0 saturated heterocycles. The summed E-state index contributed by atoms with van der Waals surface area (Å²) in [7, 11) is 0. The third-order valence-electron chi connectivity index (χ3n) is 3.88. The minimum absolute atomic E-state index is 0.0148. The quantitative estimate of drug-likeness (QED) is 0.779. The molecule has 0 aromatic carbocycles. The van der Waals surface area contributed by atoms with Crippen molar-refractivity contribution in [2.45, 2.75) is 65.3 Å². The third kappa shape index (κ3) is 5.81. The van der Waals surface area contributed by atoms with Crippen LogP contribution in [0, 0.1) is 5.41 Å². The first-order valence-corrected chi connectivity index (χ1v) is 7.74. The van der Waals surface area contributed by atoms with Gasteiger partial charge < -0.3 is 16.0 Å². The van der Waals surface area contributed by atoms with Crippen LogP contribution in [0.15, 0.2) is 0 Å². The largest absolute Gasteiger partial charge is 0.335 e. The van der Waals surface area contributed by atoms with E-state index in [9.17, 15) is 4.79 Å². The van der Waals surface area contributed by atoms with Crippen LogP contribution >= 0.6 is 0 Å². The van der Waals surface area contributed by atoms with E-state index in [2.05, 4.69) is 26.1 Å². The molecule has 0 spiro atoms. The first-order valence-electron chi connectivity index (χ1n) is 7.74. The van der Waals surface area contributed by atoms with Gasteiger partial charge in [-0.3, -0.25) is 0 Å². The molecular formula is C15H31N3O. The molecule has 1 aliphatic rings. The molecule has 1 rings (SSSR count). The molecule has 1 saturated carbocycles. The summed E-state index contributed by atoms with van der Waals surface area (Å²) in [5, 5.41) is 3.20. The predicted molar refractivity (Wildman–Crippen MR) is 80.1 cm³/mol. The van der Waals surface area contributed by atoms with Crippen molar-refractivity contribution in [2.24, 2.45) is 11.1 Å². The van der Waals surface area contributed by atoms with Gasteiger partial charge in [0.15, 0.2) is 0 Å². The van der Waals surface area contributed by atoms with Crippen molar-refractivity contribution in [2.75, 3.05) is 19.6 Å². The summed E-state index contributed by atoms with van der Waals surface area (Å²) in [6, 6.07) is 0.469. The molecule has 0 unspecified atom stereocenters. The fraction of sp³-hybridized carbons (Fsp3) is 0.933. The predicted octanol–water partition coefficient (Wildman–Crippen LogP) is 2.73. The van der Waals surface area contributed by atoms with Gasteiger partial charge in [0, 0.05) is 19.1 Å². The Labute approximate surface area is 118 Å². The minimum atomic E-state index is -0.0148. The highest BCUT2D eigenvalue weighted by atomic mass is 16.2. The second kappa shape index (κ2) is 7.73. The standard InChI is InChI=1S/C15H31N3O/c1-4-10-18(12-15(2,3)11-16)14(19)17-13-8-6-5-7-9-13/h13H,4-12,16H2,1-3H3,(H,17,19). The van der Waals surface area contributed by atoms with Crippen molar-refractivity contribution < 1.29 is 4.79 Å². The maximum atomic E-state index is 12.4. The monoisotopic (exact) mass is 269 g/mol. The normalized spacial score (nSPS) is 17.3. The van der Waals surface area contributed by atoms with E-state index in [1.54, 1.807) is 0 Å². The van der Waals surface area contributed by atoms with Crippen LogP contribution in [0.2, 0.25) is 0 Å². The maximum absolute atomic E-state index is 12.4. The topological polar surface area (TPSA) is 58.4 Å². The van der Waals surface area contributed by atoms with E-state index in [4.69, 9.17) is 5.73 Å². The molecule has 0 atom stereocenters. The van der Waals surface area contributed by atoms with Crippen molar-refractivity contribution in [1.29, 1.82) is 0 Å². The number of carbonyl (C=O) groups is 1. The van der Waals surface area contributed by atoms with Crippen molar-refractivity contribution in [1.82, 2.24) is 10.2 Å². The second-order valence-corrected chi connectivity index (χ2v) is 6.57. The molecule has 0 aromatic rings. The molecule has 1 aliphatic carbocycles. The van der Waals surface area contributed by atoms with E-state index in [0.717, 1.165) is 32.4 Å². The lowest BCUT2D eigenvalue weighted by molar-refractivity contribution is 0.163. The highest BCUT2D eigenvalue weighted by Crippen LogP contribution is 2.19. The molecule has 1 fully saturated rings. The maximum Gasteiger partial charge on any atom is 0.317 e. The Morgan fingerprint density at radius 1 is 1.32 bits per heavy atom. The first-order chi connectivity index (χ1) is 8.98. The summed E-state index contributed by atoms with van der Waals surface area (Å²) in [6.45, 7) is 8.48. The summed E-state index contributed by atoms with van der Waals surface area (Å²) in [5.74, 6) is 0. The second-order valence-electron chi connectivity index (χ2n) is 6.57. The number of hydrogen-bond donors (Lipinski definition) is 2. The van der Waals surface area contributed by atoms with E-state index in [0.29, 0.717) is 12.6 Å². The van der Waals surface area contributed by atoms with E-state index in [1.165, 1.54) is 19.3 Å². The Balaban J connectivity index is 2.51. The summed E-state index contributed by atoms with van der Waals surface area (Å²) in [4.78, 5) is 14.3. The van der Waals surface area contributed by atoms with Gasteiger partial charge in [-0.15, -0.1) is 0 Å². The Morgan fingerprint density at radius 3 is 2.47 bits per heavy atom. The lowest BCUT2D eigenvalue weighted by Crippen LogP contribution is -2.49. The van der Waals surface area contributed by atoms with Crippen molar-refractivity contribution in [3.63, 3.8) is 0 Å². The average molecular weight is 269 g/mol. The smallest absolute Gasteiger partial charge is 0.317 e. The molecule has 0 bridgehead atoms. The van der Waals surface area contributed by atoms with Crippen LogP contribution < -0.4 is 11.1 Å². The van der Waals surface area contributed by atoms with Gasteiger partial charge in [0.25, 0.3) is 0 Å². The van der Waals surface area contributed by atoms with Crippen LogP contribution in [0.1, 0.15) is 59.3 Å². The van der Waals surface area contributed by atoms with E-state index < -0.39 is 0 Å². The third-order valence-corrected chi connectivity index (χ3v) is 3.88. The van der Waals surface area contributed by atoms with Crippen LogP contribution in [-0.2, 0) is 0 Å². The van der Waals surface area contributed by atoms with E-state index in [1.807, 2.05) is 4.90 Å². The van der Waals surface area contributed by atoms with Crippen LogP contribution in [0.4, 0.5) is 4.79 Å². The number of nitrogens with one attached hydrogen (secondary N) is 1. The first kappa shape index (κ1) is 16.3. The average Bonchev–Trinajstić information content (AvgIpc) is 2.39. The van der Waals surface area contributed by atoms with Crippen molar-refractivity contribution >= 4 is 6.03 Å². The van der Waals surface area contributed by atoms with Crippen LogP contribution in [0.3, 0.4) is 0 Å². The summed E-state index contributed by atoms with van der Waals surface area (Å²) in [5.41, 5.74) is 5.76. The van der Waals surface area contributed by atoms with Gasteiger partial charge in [-0.2, -0.15) is 0 Å². The van der Waals surface area contributed by atoms with Gasteiger partial charge in [-0.05, 0) is 31.2 Å². The number of carbonyl (C=O) groups excluding carboxylic acids is 1. The zero-order valence-electron chi connectivity index (χ0n) is 12.9. The SMILES string of the molecule is CCCN(CC(C)(C)CN)C(=O)NC1CCCCC1. The molecule has 0 aliphatic heterocycles. The fourth-order valence-electron chi connectivity index (χ4n) is 2.62. The highest BCUT2D eigenvalue weighted by molar-refractivity contribution is 5.74. The summed E-state index contributed by atoms with van der Waals surface area (Å²) >= 11 is 0. The number of urea groups is 1. The Kier molecular flexibility index (Phi) is 6.63. The van der Waals surface area contributed by atoms with Gasteiger partial charge in [0.05, 0.1) is 0 Å². The molecular weight excluding hydrogens is 238 g/mol. The molecule has 0 aromatic heterocycles. The zero-order chi connectivity index (χ0) is 14.3. The van der Waals surface area contributed by atoms with Crippen LogP contribution in [-0.4, -0.2) is 36.6 Å². The molecule has 2 amide bonds. The minimum Gasteiger partial charge on any atom is -0.335 e. The Morgan fingerprint density at radius 2 is 1.95 bits per heavy atom. The summed E-state index contributed by atoms with van der Waals surface area (Å²) < 4.78 is 0. The van der Waals surface area contributed by atoms with E-state index >= 15 is 0 Å². The van der Waals surface area contributed by atoms with Gasteiger partial charge >= 0.3 is 6.03 Å². The molecule has 3 N–H and O–H groups in total. The van der Waals surface area contributed by atoms with Crippen LogP contribution in [0.25, 0.3) is 0 Å². The summed E-state index contributed by atoms with van der Waals surface area (Å²) in [6.07, 6.45) is 7.04. The Hall–Kier alpha value is -0.770. The van der Waals surface area contributed by atoms with Crippen molar-refractivity contribution in [3.8, 4) is 0 Å². The molecule has 4 nitrogen and oxygen atoms in total. The zero-order valence-corrected chi connectivity index (χ0v) is 12.9. The van der Waals surface area contributed by atoms with Gasteiger partial charge in [0.2, 0.25) is 0 Å². The lowest BCUT2D eigenvalue weighted by atomic mass is 9.93. The molecule has 19 heavy (non-hydrogen) atoms. The number of rotatable bonds is 6. The van der Waals surface area contributed by atoms with Gasteiger partial charge in [-0.1, -0.05) is 40.0 Å². The Bertz CT molecular complexity index is 273.